The molecule has 1 amide bonds. The summed E-state index contributed by atoms with van der Waals surface area (Å²) < 4.78 is 25.6. The van der Waals surface area contributed by atoms with Crippen molar-refractivity contribution in [3.63, 3.8) is 0 Å². The van der Waals surface area contributed by atoms with Crippen molar-refractivity contribution in [2.24, 2.45) is 17.8 Å². The number of carbonyl (C=O) groups is 3. The van der Waals surface area contributed by atoms with Crippen LogP contribution in [0.25, 0.3) is 0 Å². The van der Waals surface area contributed by atoms with E-state index in [0.29, 0.717) is 25.3 Å². The van der Waals surface area contributed by atoms with Gasteiger partial charge >= 0.3 is 35.5 Å². The molecule has 4 atom stereocenters. The van der Waals surface area contributed by atoms with E-state index in [1.54, 1.807) is 20.8 Å². The van der Waals surface area contributed by atoms with Crippen LogP contribution < -0.4 is 34.7 Å². The molecule has 1 aliphatic heterocycles. The Hall–Kier alpha value is -1.18. The molecule has 2 aliphatic rings. The monoisotopic (exact) mass is 585 g/mol. The van der Waals surface area contributed by atoms with Gasteiger partial charge in [0.1, 0.15) is 6.16 Å². The summed E-state index contributed by atoms with van der Waals surface area (Å²) in [4.78, 5) is 39.0. The third-order valence-corrected chi connectivity index (χ3v) is 10.4. The Labute approximate surface area is 261 Å². The molecule has 40 heavy (non-hydrogen) atoms. The van der Waals surface area contributed by atoms with Crippen molar-refractivity contribution >= 4 is 25.2 Å². The summed E-state index contributed by atoms with van der Waals surface area (Å²) in [7, 11) is -3.62. The SMILES string of the molecule is CCC(=O)O[C@@H](OP(=O)(CCCCc1ccccc1)CC(=O)N1C[C@H](C2CCCCC2)CC1C(=O)[O-])C(C)C.[Na+]. The zero-order valence-corrected chi connectivity index (χ0v) is 27.6. The fourth-order valence-electron chi connectivity index (χ4n) is 5.79. The summed E-state index contributed by atoms with van der Waals surface area (Å²) in [6.45, 7) is 5.62. The molecule has 1 aliphatic carbocycles. The van der Waals surface area contributed by atoms with E-state index in [2.05, 4.69) is 0 Å². The van der Waals surface area contributed by atoms with Gasteiger partial charge in [-0.2, -0.15) is 0 Å². The smallest absolute Gasteiger partial charge is 0.548 e. The number of hydrogen-bond acceptors (Lipinski definition) is 7. The van der Waals surface area contributed by atoms with Crippen LogP contribution >= 0.6 is 7.37 Å². The first-order valence-corrected chi connectivity index (χ1v) is 16.6. The van der Waals surface area contributed by atoms with E-state index < -0.39 is 43.7 Å². The van der Waals surface area contributed by atoms with Crippen molar-refractivity contribution in [3.05, 3.63) is 35.9 Å². The molecule has 0 aromatic heterocycles. The average molecular weight is 586 g/mol. The zero-order chi connectivity index (χ0) is 28.4. The first-order chi connectivity index (χ1) is 18.6. The topological polar surface area (TPSA) is 113 Å². The molecule has 0 spiro atoms. The number of carboxylic acid groups (broad SMARTS) is 1. The number of benzene rings is 1. The zero-order valence-electron chi connectivity index (χ0n) is 24.7. The fourth-order valence-corrected chi connectivity index (χ4v) is 8.09. The van der Waals surface area contributed by atoms with Crippen LogP contribution in [0.4, 0.5) is 0 Å². The second kappa shape index (κ2) is 17.1. The van der Waals surface area contributed by atoms with Crippen molar-refractivity contribution in [1.82, 2.24) is 4.90 Å². The van der Waals surface area contributed by atoms with Crippen molar-refractivity contribution in [1.29, 1.82) is 0 Å². The summed E-state index contributed by atoms with van der Waals surface area (Å²) in [5.74, 6) is -1.99. The Kier molecular flexibility index (Phi) is 14.9. The van der Waals surface area contributed by atoms with Crippen molar-refractivity contribution in [2.45, 2.75) is 97.3 Å². The molecular weight excluding hydrogens is 540 g/mol. The van der Waals surface area contributed by atoms with Gasteiger partial charge in [0.25, 0.3) is 0 Å². The van der Waals surface area contributed by atoms with Crippen molar-refractivity contribution in [2.75, 3.05) is 18.9 Å². The largest absolute Gasteiger partial charge is 1.00 e. The van der Waals surface area contributed by atoms with Crippen LogP contribution in [0.3, 0.4) is 0 Å². The minimum absolute atomic E-state index is 0. The Morgan fingerprint density at radius 3 is 2.33 bits per heavy atom. The Morgan fingerprint density at radius 2 is 1.73 bits per heavy atom. The maximum Gasteiger partial charge on any atom is 1.00 e. The normalized spacial score (nSPS) is 21.9. The summed E-state index contributed by atoms with van der Waals surface area (Å²) in [5.41, 5.74) is 1.17. The predicted molar refractivity (Wildman–Crippen MR) is 148 cm³/mol. The number of carboxylic acids is 1. The van der Waals surface area contributed by atoms with Crippen LogP contribution in [0.2, 0.25) is 0 Å². The molecule has 0 radical (unpaired) electrons. The standard InChI is InChI=1S/C30H46NO7P.Na/c1-4-28(33)37-30(22(2)3)38-39(36,18-12-11-15-23-13-7-5-8-14-23)21-27(32)31-20-25(19-26(31)29(34)35)24-16-9-6-10-17-24;/h5,7-8,13-14,22,24-26,30H,4,6,9-12,15-21H2,1-3H3,(H,34,35);/q;+1/p-1/t25-,26?,30+,39?;/m1./s1. The molecule has 2 unspecified atom stereocenters. The number of rotatable bonds is 14. The van der Waals surface area contributed by atoms with Crippen molar-refractivity contribution < 1.29 is 62.9 Å². The Bertz CT molecular complexity index is 999. The van der Waals surface area contributed by atoms with E-state index in [1.807, 2.05) is 30.3 Å². The minimum atomic E-state index is -3.62. The van der Waals surface area contributed by atoms with E-state index in [1.165, 1.54) is 16.9 Å². The molecule has 218 valence electrons. The minimum Gasteiger partial charge on any atom is -0.548 e. The number of esters is 1. The van der Waals surface area contributed by atoms with Gasteiger partial charge in [-0.3, -0.25) is 18.7 Å². The van der Waals surface area contributed by atoms with E-state index in [0.717, 1.165) is 38.5 Å². The van der Waals surface area contributed by atoms with Crippen LogP contribution in [-0.4, -0.2) is 53.9 Å². The van der Waals surface area contributed by atoms with Crippen LogP contribution in [0.5, 0.6) is 0 Å². The summed E-state index contributed by atoms with van der Waals surface area (Å²) in [6, 6.07) is 8.96. The van der Waals surface area contributed by atoms with Gasteiger partial charge < -0.3 is 19.5 Å². The molecule has 0 bridgehead atoms. The molecule has 10 heteroatoms. The van der Waals surface area contributed by atoms with E-state index in [9.17, 15) is 24.1 Å². The molecule has 1 saturated carbocycles. The van der Waals surface area contributed by atoms with Crippen LogP contribution in [-0.2, 0) is 34.6 Å². The first kappa shape index (κ1) is 35.0. The number of ether oxygens (including phenoxy) is 1. The Morgan fingerprint density at radius 1 is 1.05 bits per heavy atom. The fraction of sp³-hybridized carbons (Fsp3) is 0.700. The average Bonchev–Trinajstić information content (AvgIpc) is 3.38. The maximum absolute atomic E-state index is 14.2. The molecule has 2 fully saturated rings. The number of nitrogens with zero attached hydrogens (tertiary/aromatic N) is 1. The number of aliphatic carboxylic acids is 1. The Balaban J connectivity index is 0.00000560. The van der Waals surface area contributed by atoms with Gasteiger partial charge in [-0.25, -0.2) is 0 Å². The van der Waals surface area contributed by atoms with Gasteiger partial charge in [-0.05, 0) is 43.1 Å². The maximum atomic E-state index is 14.2. The second-order valence-electron chi connectivity index (χ2n) is 11.5. The van der Waals surface area contributed by atoms with E-state index >= 15 is 0 Å². The third kappa shape index (κ3) is 10.6. The number of amides is 1. The van der Waals surface area contributed by atoms with Gasteiger partial charge in [0.05, 0.1) is 12.0 Å². The molecule has 8 nitrogen and oxygen atoms in total. The van der Waals surface area contributed by atoms with Gasteiger partial charge in [-0.15, -0.1) is 0 Å². The first-order valence-electron chi connectivity index (χ1n) is 14.6. The van der Waals surface area contributed by atoms with Crippen LogP contribution in [0, 0.1) is 17.8 Å². The number of carbonyl (C=O) groups excluding carboxylic acids is 3. The summed E-state index contributed by atoms with van der Waals surface area (Å²) >= 11 is 0. The van der Waals surface area contributed by atoms with E-state index in [4.69, 9.17) is 9.26 Å². The van der Waals surface area contributed by atoms with E-state index in [-0.39, 0.29) is 54.0 Å². The molecule has 3 rings (SSSR count). The van der Waals surface area contributed by atoms with Gasteiger partial charge in [-0.1, -0.05) is 83.2 Å². The quantitative estimate of drug-likeness (QED) is 0.108. The molecule has 1 heterocycles. The molecule has 1 saturated heterocycles. The van der Waals surface area contributed by atoms with Crippen molar-refractivity contribution in [3.8, 4) is 0 Å². The van der Waals surface area contributed by atoms with Crippen LogP contribution in [0.1, 0.15) is 84.1 Å². The number of hydrogen-bond donors (Lipinski definition) is 0. The predicted octanol–water partition coefficient (Wildman–Crippen LogP) is 1.79. The summed E-state index contributed by atoms with van der Waals surface area (Å²) in [5, 5.41) is 12.0. The number of unbranched alkanes of at least 4 members (excludes halogenated alkanes) is 1. The summed E-state index contributed by atoms with van der Waals surface area (Å²) in [6.07, 6.45) is 6.88. The van der Waals surface area contributed by atoms with Gasteiger partial charge in [0.2, 0.25) is 19.6 Å². The van der Waals surface area contributed by atoms with Gasteiger partial charge in [0, 0.05) is 25.0 Å². The molecular formula is C30H45NNaO7P. The van der Waals surface area contributed by atoms with Gasteiger partial charge in [0.15, 0.2) is 0 Å². The molecule has 1 aromatic carbocycles. The van der Waals surface area contributed by atoms with Crippen LogP contribution in [0.15, 0.2) is 30.3 Å². The molecule has 1 aromatic rings. The third-order valence-electron chi connectivity index (χ3n) is 8.05. The second-order valence-corrected chi connectivity index (χ2v) is 14.1. The molecule has 0 N–H and O–H groups in total. The number of likely N-dealkylation sites (tertiary alicyclic amines) is 1. The number of aryl methyl sites for hydroxylation is 1.